The van der Waals surface area contributed by atoms with Crippen molar-refractivity contribution >= 4 is 5.84 Å². The van der Waals surface area contributed by atoms with Crippen LogP contribution in [-0.2, 0) is 0 Å². The molecule has 0 N–H and O–H groups in total. The average molecular weight is 307 g/mol. The molecular formula is C20H25N3. The predicted octanol–water partition coefficient (Wildman–Crippen LogP) is 4.54. The van der Waals surface area contributed by atoms with Crippen LogP contribution in [0.1, 0.15) is 18.9 Å². The molecule has 0 saturated carbocycles. The van der Waals surface area contributed by atoms with E-state index in [0.717, 1.165) is 30.1 Å². The van der Waals surface area contributed by atoms with Crippen LogP contribution in [0.2, 0.25) is 0 Å². The quantitative estimate of drug-likeness (QED) is 0.401. The zero-order valence-corrected chi connectivity index (χ0v) is 14.0. The monoisotopic (exact) mass is 307 g/mol. The van der Waals surface area contributed by atoms with Gasteiger partial charge in [-0.2, -0.15) is 0 Å². The van der Waals surface area contributed by atoms with Crippen LogP contribution in [0.25, 0.3) is 0 Å². The minimum Gasteiger partial charge on any atom is -0.355 e. The van der Waals surface area contributed by atoms with Gasteiger partial charge in [0.05, 0.1) is 0 Å². The van der Waals surface area contributed by atoms with Crippen molar-refractivity contribution in [2.24, 2.45) is 4.99 Å². The second-order valence-electron chi connectivity index (χ2n) is 4.85. The van der Waals surface area contributed by atoms with Crippen molar-refractivity contribution in [3.63, 3.8) is 0 Å². The molecule has 0 radical (unpaired) electrons. The van der Waals surface area contributed by atoms with Crippen molar-refractivity contribution in [3.05, 3.63) is 91.5 Å². The van der Waals surface area contributed by atoms with E-state index in [1.54, 1.807) is 18.3 Å². The highest BCUT2D eigenvalue weighted by molar-refractivity contribution is 5.99. The van der Waals surface area contributed by atoms with Crippen LogP contribution in [0.5, 0.6) is 0 Å². The minimum atomic E-state index is 0.750. The van der Waals surface area contributed by atoms with Crippen molar-refractivity contribution in [3.8, 4) is 0 Å². The van der Waals surface area contributed by atoms with Gasteiger partial charge in [-0.15, -0.1) is 0 Å². The Hall–Kier alpha value is -2.68. The van der Waals surface area contributed by atoms with E-state index < -0.39 is 0 Å². The normalized spacial score (nSPS) is 12.8. The Labute approximate surface area is 139 Å². The fourth-order valence-electron chi connectivity index (χ4n) is 1.90. The first-order valence-corrected chi connectivity index (χ1v) is 7.69. The molecule has 1 aromatic heterocycles. The van der Waals surface area contributed by atoms with Gasteiger partial charge < -0.3 is 4.90 Å². The fraction of sp³-hybridized carbons (Fsp3) is 0.200. The van der Waals surface area contributed by atoms with Crippen LogP contribution in [0, 0.1) is 0 Å². The molecule has 0 saturated heterocycles. The van der Waals surface area contributed by atoms with Crippen molar-refractivity contribution in [1.29, 1.82) is 0 Å². The Morgan fingerprint density at radius 1 is 1.26 bits per heavy atom. The number of amidine groups is 1. The van der Waals surface area contributed by atoms with Gasteiger partial charge >= 0.3 is 0 Å². The highest BCUT2D eigenvalue weighted by Crippen LogP contribution is 2.10. The molecule has 3 nitrogen and oxygen atoms in total. The average Bonchev–Trinajstić information content (AvgIpc) is 2.59. The second kappa shape index (κ2) is 11.0. The molecule has 0 atom stereocenters. The van der Waals surface area contributed by atoms with E-state index in [0.29, 0.717) is 0 Å². The van der Waals surface area contributed by atoms with Crippen molar-refractivity contribution < 1.29 is 0 Å². The van der Waals surface area contributed by atoms with Gasteiger partial charge in [-0.25, -0.2) is 4.99 Å². The van der Waals surface area contributed by atoms with Gasteiger partial charge in [0.2, 0.25) is 0 Å². The van der Waals surface area contributed by atoms with Crippen LogP contribution in [0.15, 0.2) is 90.9 Å². The lowest BCUT2D eigenvalue weighted by atomic mass is 10.2. The Bertz CT molecular complexity index is 607. The molecule has 23 heavy (non-hydrogen) atoms. The number of hydrogen-bond donors (Lipinski definition) is 0. The first-order chi connectivity index (χ1) is 11.2. The van der Waals surface area contributed by atoms with Crippen molar-refractivity contribution in [1.82, 2.24) is 9.88 Å². The minimum absolute atomic E-state index is 0.750. The zero-order valence-electron chi connectivity index (χ0n) is 14.0. The van der Waals surface area contributed by atoms with E-state index in [2.05, 4.69) is 36.0 Å². The standard InChI is InChI=1S/C20H25N3/c1-5-8-9-10-11-16-23(4)20(18-14-12-15-21-17-18)22-19(7-3)13-6-2/h5-6,8-15,17H,1-2,7,16H2,3-4H3/b9-8-,11-10-,19-13+,22-20-. The molecule has 1 heterocycles. The predicted molar refractivity (Wildman–Crippen MR) is 100 cm³/mol. The molecular weight excluding hydrogens is 282 g/mol. The maximum Gasteiger partial charge on any atom is 0.137 e. The van der Waals surface area contributed by atoms with Crippen LogP contribution in [0.3, 0.4) is 0 Å². The van der Waals surface area contributed by atoms with E-state index in [-0.39, 0.29) is 0 Å². The molecule has 0 aliphatic carbocycles. The first kappa shape index (κ1) is 18.4. The molecule has 3 heteroatoms. The molecule has 0 unspecified atom stereocenters. The van der Waals surface area contributed by atoms with Gasteiger partial charge in [-0.3, -0.25) is 4.98 Å². The molecule has 1 aromatic rings. The molecule has 0 amide bonds. The lowest BCUT2D eigenvalue weighted by Gasteiger charge is -2.20. The number of hydrogen-bond acceptors (Lipinski definition) is 2. The van der Waals surface area contributed by atoms with Crippen LogP contribution < -0.4 is 0 Å². The maximum atomic E-state index is 4.79. The summed E-state index contributed by atoms with van der Waals surface area (Å²) in [7, 11) is 2.02. The van der Waals surface area contributed by atoms with Crippen molar-refractivity contribution in [2.45, 2.75) is 13.3 Å². The highest BCUT2D eigenvalue weighted by Gasteiger charge is 2.09. The topological polar surface area (TPSA) is 28.5 Å². The molecule has 1 rings (SSSR count). The van der Waals surface area contributed by atoms with Crippen molar-refractivity contribution in [2.75, 3.05) is 13.6 Å². The number of nitrogens with zero attached hydrogens (tertiary/aromatic N) is 3. The number of aromatic nitrogens is 1. The van der Waals surface area contributed by atoms with Gasteiger partial charge in [-0.1, -0.05) is 56.5 Å². The molecule has 120 valence electrons. The highest BCUT2D eigenvalue weighted by atomic mass is 15.2. The summed E-state index contributed by atoms with van der Waals surface area (Å²) in [5, 5.41) is 0. The first-order valence-electron chi connectivity index (χ1n) is 7.69. The third-order valence-electron chi connectivity index (χ3n) is 3.08. The van der Waals surface area contributed by atoms with Crippen LogP contribution in [0.4, 0.5) is 0 Å². The zero-order chi connectivity index (χ0) is 16.9. The third-order valence-corrected chi connectivity index (χ3v) is 3.08. The van der Waals surface area contributed by atoms with Crippen LogP contribution in [-0.4, -0.2) is 29.3 Å². The van der Waals surface area contributed by atoms with Gasteiger partial charge in [-0.05, 0) is 24.6 Å². The van der Waals surface area contributed by atoms with E-state index >= 15 is 0 Å². The second-order valence-corrected chi connectivity index (χ2v) is 4.85. The molecule has 0 bridgehead atoms. The summed E-state index contributed by atoms with van der Waals surface area (Å²) in [6.07, 6.45) is 17.8. The largest absolute Gasteiger partial charge is 0.355 e. The Kier molecular flexibility index (Phi) is 8.76. The van der Waals surface area contributed by atoms with E-state index in [1.807, 2.05) is 49.7 Å². The number of pyridine rings is 1. The number of allylic oxidation sites excluding steroid dienone is 7. The molecule has 0 fully saturated rings. The smallest absolute Gasteiger partial charge is 0.137 e. The summed E-state index contributed by atoms with van der Waals surface area (Å²) in [6, 6.07) is 3.94. The van der Waals surface area contributed by atoms with E-state index in [1.165, 1.54) is 0 Å². The summed E-state index contributed by atoms with van der Waals surface area (Å²) in [4.78, 5) is 11.1. The van der Waals surface area contributed by atoms with Gasteiger partial charge in [0.25, 0.3) is 0 Å². The molecule has 0 spiro atoms. The Balaban J connectivity index is 3.04. The maximum absolute atomic E-state index is 4.79. The summed E-state index contributed by atoms with van der Waals surface area (Å²) in [6.45, 7) is 10.2. The summed E-state index contributed by atoms with van der Waals surface area (Å²) in [5.41, 5.74) is 1.98. The third kappa shape index (κ3) is 6.74. The van der Waals surface area contributed by atoms with Gasteiger partial charge in [0, 0.05) is 37.2 Å². The van der Waals surface area contributed by atoms with Gasteiger partial charge in [0.15, 0.2) is 0 Å². The summed E-state index contributed by atoms with van der Waals surface area (Å²) < 4.78 is 0. The molecule has 0 aliphatic rings. The van der Waals surface area contributed by atoms with Gasteiger partial charge in [0.1, 0.15) is 5.84 Å². The molecule has 0 aromatic carbocycles. The molecule has 0 aliphatic heterocycles. The lowest BCUT2D eigenvalue weighted by Crippen LogP contribution is -2.28. The SMILES string of the molecule is C=C/C=C\C=C/CN(C)/C(=N\C(=C\C=C)CC)c1cccnc1. The summed E-state index contributed by atoms with van der Waals surface area (Å²) >= 11 is 0. The number of aliphatic imine (C=N–C) groups is 1. The fourth-order valence-corrected chi connectivity index (χ4v) is 1.90. The summed E-state index contributed by atoms with van der Waals surface area (Å²) in [5.74, 6) is 0.894. The Morgan fingerprint density at radius 3 is 2.70 bits per heavy atom. The van der Waals surface area contributed by atoms with Crippen LogP contribution >= 0.6 is 0 Å². The lowest BCUT2D eigenvalue weighted by molar-refractivity contribution is 0.563. The number of rotatable bonds is 8. The Morgan fingerprint density at radius 2 is 2.09 bits per heavy atom. The van der Waals surface area contributed by atoms with E-state index in [4.69, 9.17) is 4.99 Å². The van der Waals surface area contributed by atoms with E-state index in [9.17, 15) is 0 Å². The number of likely N-dealkylation sites (N-methyl/N-ethyl adjacent to an activating group) is 1.